The number of halogens is 3. The quantitative estimate of drug-likeness (QED) is 0.550. The number of benzene rings is 1. The van der Waals surface area contributed by atoms with Crippen LogP contribution in [0.2, 0.25) is 0 Å². The second kappa shape index (κ2) is 7.63. The highest BCUT2D eigenvalue weighted by molar-refractivity contribution is 6.02. The molecule has 7 nitrogen and oxygen atoms in total. The Morgan fingerprint density at radius 3 is 2.33 bits per heavy atom. The summed E-state index contributed by atoms with van der Waals surface area (Å²) in [6.45, 7) is 1.62. The van der Waals surface area contributed by atoms with E-state index < -0.39 is 22.9 Å². The van der Waals surface area contributed by atoms with Crippen molar-refractivity contribution in [3.05, 3.63) is 27.8 Å². The van der Waals surface area contributed by atoms with Gasteiger partial charge in [0.15, 0.2) is 0 Å². The molecule has 30 heavy (non-hydrogen) atoms. The average Bonchev–Trinajstić information content (AvgIpc) is 3.31. The van der Waals surface area contributed by atoms with Gasteiger partial charge in [-0.05, 0) is 50.0 Å². The molecule has 0 radical (unpaired) electrons. The van der Waals surface area contributed by atoms with E-state index in [1.165, 1.54) is 12.5 Å². The second-order valence-electron chi connectivity index (χ2n) is 8.62. The molecule has 1 aromatic carbocycles. The first-order valence-corrected chi connectivity index (χ1v) is 10.3. The number of carbonyl (C=O) groups is 1. The number of hydrogen-bond donors (Lipinski definition) is 2. The zero-order valence-electron chi connectivity index (χ0n) is 16.7. The number of rotatable bonds is 5. The predicted octanol–water partition coefficient (Wildman–Crippen LogP) is 3.94. The van der Waals surface area contributed by atoms with Crippen LogP contribution in [0.3, 0.4) is 0 Å². The summed E-state index contributed by atoms with van der Waals surface area (Å²) >= 11 is 0. The van der Waals surface area contributed by atoms with Gasteiger partial charge in [0.25, 0.3) is 11.6 Å². The van der Waals surface area contributed by atoms with Gasteiger partial charge in [0, 0.05) is 32.2 Å². The van der Waals surface area contributed by atoms with E-state index in [0.29, 0.717) is 23.2 Å². The Morgan fingerprint density at radius 2 is 1.80 bits per heavy atom. The van der Waals surface area contributed by atoms with E-state index in [4.69, 9.17) is 0 Å². The van der Waals surface area contributed by atoms with Gasteiger partial charge in [-0.3, -0.25) is 14.9 Å². The lowest BCUT2D eigenvalue weighted by Gasteiger charge is -2.31. The Labute approximate surface area is 172 Å². The van der Waals surface area contributed by atoms with E-state index >= 15 is 0 Å². The van der Waals surface area contributed by atoms with Crippen LogP contribution in [0.1, 0.15) is 42.5 Å². The van der Waals surface area contributed by atoms with Crippen molar-refractivity contribution in [1.82, 2.24) is 5.32 Å². The van der Waals surface area contributed by atoms with Gasteiger partial charge in [-0.2, -0.15) is 13.2 Å². The van der Waals surface area contributed by atoms with Crippen molar-refractivity contribution in [2.24, 2.45) is 17.8 Å². The zero-order valence-corrected chi connectivity index (χ0v) is 16.7. The van der Waals surface area contributed by atoms with Crippen LogP contribution in [0.4, 0.5) is 30.2 Å². The van der Waals surface area contributed by atoms with E-state index in [-0.39, 0.29) is 43.0 Å². The number of alkyl halides is 3. The Kier molecular flexibility index (Phi) is 5.27. The van der Waals surface area contributed by atoms with Crippen molar-refractivity contribution in [2.45, 2.75) is 44.3 Å². The van der Waals surface area contributed by atoms with E-state index in [0.717, 1.165) is 13.1 Å². The fourth-order valence-electron chi connectivity index (χ4n) is 4.79. The molecule has 0 bridgehead atoms. The van der Waals surface area contributed by atoms with Crippen LogP contribution in [0.5, 0.6) is 0 Å². The molecule has 2 aliphatic carbocycles. The van der Waals surface area contributed by atoms with Crippen LogP contribution >= 0.6 is 0 Å². The molecule has 1 aliphatic heterocycles. The Balaban J connectivity index is 1.55. The lowest BCUT2D eigenvalue weighted by Crippen LogP contribution is -2.40. The number of piperidine rings is 1. The molecule has 164 valence electrons. The number of fused-ring (bicyclic) bond motifs is 1. The summed E-state index contributed by atoms with van der Waals surface area (Å²) < 4.78 is 38.7. The molecule has 2 unspecified atom stereocenters. The fraction of sp³-hybridized carbons (Fsp3) is 0.650. The topological polar surface area (TPSA) is 87.5 Å². The summed E-state index contributed by atoms with van der Waals surface area (Å²) in [5, 5.41) is 17.1. The molecule has 1 amide bonds. The lowest BCUT2D eigenvalue weighted by atomic mass is 9.85. The van der Waals surface area contributed by atoms with Gasteiger partial charge in [-0.15, -0.1) is 0 Å². The number of amides is 1. The third-order valence-corrected chi connectivity index (χ3v) is 6.67. The first-order valence-electron chi connectivity index (χ1n) is 10.3. The first-order chi connectivity index (χ1) is 14.2. The maximum atomic E-state index is 13.0. The van der Waals surface area contributed by atoms with Gasteiger partial charge in [0.1, 0.15) is 5.69 Å². The highest BCUT2D eigenvalue weighted by Gasteiger charge is 2.46. The molecule has 3 aliphatic rings. The molecule has 3 fully saturated rings. The highest BCUT2D eigenvalue weighted by Crippen LogP contribution is 2.48. The van der Waals surface area contributed by atoms with Crippen molar-refractivity contribution < 1.29 is 22.9 Å². The van der Waals surface area contributed by atoms with Crippen molar-refractivity contribution in [2.75, 3.05) is 30.4 Å². The second-order valence-corrected chi connectivity index (χ2v) is 8.62. The predicted molar refractivity (Wildman–Crippen MR) is 106 cm³/mol. The molecule has 0 aromatic heterocycles. The largest absolute Gasteiger partial charge is 0.391 e. The van der Waals surface area contributed by atoms with Gasteiger partial charge in [-0.25, -0.2) is 0 Å². The van der Waals surface area contributed by atoms with Crippen LogP contribution < -0.4 is 15.5 Å². The van der Waals surface area contributed by atoms with Gasteiger partial charge in [0.2, 0.25) is 0 Å². The van der Waals surface area contributed by atoms with Crippen molar-refractivity contribution in [1.29, 1.82) is 0 Å². The van der Waals surface area contributed by atoms with Gasteiger partial charge < -0.3 is 15.5 Å². The maximum Gasteiger partial charge on any atom is 0.391 e. The minimum Gasteiger partial charge on any atom is -0.383 e. The van der Waals surface area contributed by atoms with Crippen molar-refractivity contribution in [3.8, 4) is 0 Å². The molecule has 1 saturated heterocycles. The van der Waals surface area contributed by atoms with E-state index in [1.807, 2.05) is 0 Å². The van der Waals surface area contributed by atoms with E-state index in [9.17, 15) is 28.1 Å². The third-order valence-electron chi connectivity index (χ3n) is 6.67. The smallest absolute Gasteiger partial charge is 0.383 e. The number of anilines is 2. The molecular formula is C20H25F3N4O3. The molecule has 1 aromatic rings. The Bertz CT molecular complexity index is 842. The van der Waals surface area contributed by atoms with Gasteiger partial charge >= 0.3 is 6.18 Å². The Hall–Kier alpha value is -2.52. The van der Waals surface area contributed by atoms with Crippen LogP contribution in [0.25, 0.3) is 0 Å². The summed E-state index contributed by atoms with van der Waals surface area (Å²) in [7, 11) is 1.59. The number of nitrogens with zero attached hydrogens (tertiary/aromatic N) is 2. The zero-order chi connectivity index (χ0) is 21.6. The molecule has 0 spiro atoms. The standard InChI is InChI=1S/C20H25F3N4O3/c1-24-16-8-17(26-9-11-6-12(11)10-26)15(7-18(16)27(29)30)19(28)25-14-4-2-13(3-5-14)20(21,22)23/h7-8,11-14,24H,2-6,9-10H2,1H3,(H,25,28). The Morgan fingerprint density at radius 1 is 1.17 bits per heavy atom. The fourth-order valence-corrected chi connectivity index (χ4v) is 4.79. The summed E-state index contributed by atoms with van der Waals surface area (Å²) in [5.74, 6) is -0.584. The number of nitrogens with one attached hydrogen (secondary N) is 2. The molecule has 4 rings (SSSR count). The van der Waals surface area contributed by atoms with E-state index in [2.05, 4.69) is 15.5 Å². The SMILES string of the molecule is CNc1cc(N2CC3CC3C2)c(C(=O)NC2CCC(C(F)(F)F)CC2)cc1[N+](=O)[O-]. The molecular weight excluding hydrogens is 401 g/mol. The van der Waals surface area contributed by atoms with Gasteiger partial charge in [-0.1, -0.05) is 0 Å². The van der Waals surface area contributed by atoms with Crippen LogP contribution in [-0.4, -0.2) is 43.2 Å². The van der Waals surface area contributed by atoms with E-state index in [1.54, 1.807) is 13.1 Å². The molecule has 2 N–H and O–H groups in total. The van der Waals surface area contributed by atoms with Gasteiger partial charge in [0.05, 0.1) is 22.1 Å². The third kappa shape index (κ3) is 4.04. The number of carbonyl (C=O) groups excluding carboxylic acids is 1. The van der Waals surface area contributed by atoms with Crippen LogP contribution in [-0.2, 0) is 0 Å². The average molecular weight is 426 g/mol. The van der Waals surface area contributed by atoms with Crippen molar-refractivity contribution in [3.63, 3.8) is 0 Å². The van der Waals surface area contributed by atoms with Crippen LogP contribution in [0, 0.1) is 27.9 Å². The number of nitro benzene ring substituents is 1. The summed E-state index contributed by atoms with van der Waals surface area (Å²) in [4.78, 5) is 26.1. The summed E-state index contributed by atoms with van der Waals surface area (Å²) in [6, 6.07) is 2.55. The summed E-state index contributed by atoms with van der Waals surface area (Å²) in [6.07, 6.45) is -2.58. The lowest BCUT2D eigenvalue weighted by molar-refractivity contribution is -0.383. The number of nitro groups is 1. The molecule has 2 saturated carbocycles. The summed E-state index contributed by atoms with van der Waals surface area (Å²) in [5.41, 5.74) is 0.980. The van der Waals surface area contributed by atoms with Crippen LogP contribution in [0.15, 0.2) is 12.1 Å². The normalized spacial score (nSPS) is 28.1. The maximum absolute atomic E-state index is 13.0. The first kappa shape index (κ1) is 20.7. The molecule has 2 atom stereocenters. The number of hydrogen-bond acceptors (Lipinski definition) is 5. The molecule has 10 heteroatoms. The molecule has 1 heterocycles. The monoisotopic (exact) mass is 426 g/mol. The van der Waals surface area contributed by atoms with Crippen molar-refractivity contribution >= 4 is 23.0 Å². The minimum absolute atomic E-state index is 0.0182. The highest BCUT2D eigenvalue weighted by atomic mass is 19.4. The minimum atomic E-state index is -4.21.